The first kappa shape index (κ1) is 20.0. The van der Waals surface area contributed by atoms with Crippen LogP contribution in [0.25, 0.3) is 0 Å². The highest BCUT2D eigenvalue weighted by Gasteiger charge is 2.14. The number of nitrogens with zero attached hydrogens (tertiary/aromatic N) is 2. The van der Waals surface area contributed by atoms with E-state index in [2.05, 4.69) is 27.2 Å². The number of thiazole rings is 1. The third-order valence-corrected chi connectivity index (χ3v) is 4.43. The Morgan fingerprint density at radius 2 is 2.15 bits per heavy atom. The molecule has 1 aromatic heterocycles. The van der Waals surface area contributed by atoms with Gasteiger partial charge >= 0.3 is 0 Å². The fourth-order valence-corrected chi connectivity index (χ4v) is 3.17. The average Bonchev–Trinajstić information content (AvgIpc) is 2.98. The SMILES string of the molecule is C=C(C)/N=C(Cl)\C=C(/N)Nc1ncc(C(=O)Nc2c(C)cccc2Cl)s1. The van der Waals surface area contributed by atoms with E-state index in [1.54, 1.807) is 13.0 Å². The summed E-state index contributed by atoms with van der Waals surface area (Å²) in [5, 5.41) is 6.75. The summed E-state index contributed by atoms with van der Waals surface area (Å²) in [6.45, 7) is 7.21. The lowest BCUT2D eigenvalue weighted by Crippen LogP contribution is -2.11. The number of aromatic nitrogens is 1. The zero-order chi connectivity index (χ0) is 19.3. The monoisotopic (exact) mass is 409 g/mol. The van der Waals surface area contributed by atoms with Gasteiger partial charge in [-0.05, 0) is 25.5 Å². The molecular weight excluding hydrogens is 393 g/mol. The van der Waals surface area contributed by atoms with Crippen LogP contribution < -0.4 is 16.4 Å². The maximum Gasteiger partial charge on any atom is 0.267 e. The lowest BCUT2D eigenvalue weighted by molar-refractivity contribution is 0.103. The van der Waals surface area contributed by atoms with Gasteiger partial charge in [0.1, 0.15) is 15.9 Å². The number of nitrogens with one attached hydrogen (secondary N) is 2. The maximum absolute atomic E-state index is 12.4. The Morgan fingerprint density at radius 1 is 1.42 bits per heavy atom. The molecule has 1 heterocycles. The normalized spacial score (nSPS) is 12.0. The summed E-state index contributed by atoms with van der Waals surface area (Å²) >= 11 is 13.2. The fourth-order valence-electron chi connectivity index (χ4n) is 1.90. The highest BCUT2D eigenvalue weighted by molar-refractivity contribution is 7.17. The summed E-state index contributed by atoms with van der Waals surface area (Å²) in [7, 11) is 0. The summed E-state index contributed by atoms with van der Waals surface area (Å²) in [6.07, 6.45) is 2.88. The Morgan fingerprint density at radius 3 is 2.81 bits per heavy atom. The Kier molecular flexibility index (Phi) is 6.79. The second-order valence-corrected chi connectivity index (χ2v) is 7.14. The lowest BCUT2D eigenvalue weighted by atomic mass is 10.2. The number of nitrogens with two attached hydrogens (primary N) is 1. The molecule has 0 aliphatic heterocycles. The van der Waals surface area contributed by atoms with Gasteiger partial charge in [0.15, 0.2) is 5.13 Å². The molecule has 0 fully saturated rings. The second kappa shape index (κ2) is 8.84. The third kappa shape index (κ3) is 5.59. The zero-order valence-corrected chi connectivity index (χ0v) is 16.5. The molecule has 0 spiro atoms. The van der Waals surface area contributed by atoms with E-state index in [1.165, 1.54) is 12.3 Å². The van der Waals surface area contributed by atoms with Crippen LogP contribution in [0.1, 0.15) is 22.2 Å². The Bertz CT molecular complexity index is 884. The number of carbonyl (C=O) groups excluding carboxylic acids is 1. The highest BCUT2D eigenvalue weighted by atomic mass is 35.5. The smallest absolute Gasteiger partial charge is 0.267 e. The topological polar surface area (TPSA) is 92.4 Å². The van der Waals surface area contributed by atoms with Crippen LogP contribution in [0.5, 0.6) is 0 Å². The summed E-state index contributed by atoms with van der Waals surface area (Å²) in [6, 6.07) is 5.40. The molecule has 1 aromatic carbocycles. The summed E-state index contributed by atoms with van der Waals surface area (Å²) < 4.78 is 0. The molecule has 1 amide bonds. The average molecular weight is 410 g/mol. The van der Waals surface area contributed by atoms with E-state index >= 15 is 0 Å². The zero-order valence-electron chi connectivity index (χ0n) is 14.1. The summed E-state index contributed by atoms with van der Waals surface area (Å²) in [5.74, 6) is -0.0700. The van der Waals surface area contributed by atoms with E-state index in [0.717, 1.165) is 16.9 Å². The number of amides is 1. The number of aliphatic imine (C=N–C) groups is 1. The number of hydrogen-bond donors (Lipinski definition) is 3. The predicted molar refractivity (Wildman–Crippen MR) is 110 cm³/mol. The van der Waals surface area contributed by atoms with E-state index in [-0.39, 0.29) is 16.9 Å². The Balaban J connectivity index is 2.08. The molecule has 0 saturated heterocycles. The molecule has 0 aliphatic rings. The maximum atomic E-state index is 12.4. The number of benzene rings is 1. The van der Waals surface area contributed by atoms with Gasteiger partial charge in [-0.25, -0.2) is 9.98 Å². The molecule has 0 atom stereocenters. The first-order chi connectivity index (χ1) is 12.3. The van der Waals surface area contributed by atoms with Crippen molar-refractivity contribution >= 4 is 56.4 Å². The van der Waals surface area contributed by atoms with E-state index in [4.69, 9.17) is 28.9 Å². The third-order valence-electron chi connectivity index (χ3n) is 3.01. The van der Waals surface area contributed by atoms with Gasteiger partial charge in [-0.1, -0.05) is 53.3 Å². The van der Waals surface area contributed by atoms with Gasteiger partial charge in [0.2, 0.25) is 0 Å². The molecule has 2 aromatic rings. The van der Waals surface area contributed by atoms with Crippen molar-refractivity contribution in [3.05, 3.63) is 64.0 Å². The predicted octanol–water partition coefficient (Wildman–Crippen LogP) is 4.74. The van der Waals surface area contributed by atoms with Crippen LogP contribution in [0.2, 0.25) is 5.02 Å². The number of aryl methyl sites for hydroxylation is 1. The minimum atomic E-state index is -0.309. The van der Waals surface area contributed by atoms with E-state index in [9.17, 15) is 4.79 Å². The number of anilines is 2. The molecule has 9 heteroatoms. The van der Waals surface area contributed by atoms with Crippen LogP contribution in [0.3, 0.4) is 0 Å². The Hall–Kier alpha value is -2.35. The Labute approximate surface area is 165 Å². The van der Waals surface area contributed by atoms with Crippen molar-refractivity contribution < 1.29 is 4.79 Å². The second-order valence-electron chi connectivity index (χ2n) is 5.31. The molecule has 0 radical (unpaired) electrons. The van der Waals surface area contributed by atoms with E-state index in [0.29, 0.717) is 26.4 Å². The molecule has 0 saturated carbocycles. The number of allylic oxidation sites excluding steroid dienone is 2. The van der Waals surface area contributed by atoms with Gasteiger partial charge < -0.3 is 16.4 Å². The van der Waals surface area contributed by atoms with Crippen molar-refractivity contribution in [3.8, 4) is 0 Å². The largest absolute Gasteiger partial charge is 0.385 e. The minimum Gasteiger partial charge on any atom is -0.385 e. The van der Waals surface area contributed by atoms with Crippen LogP contribution in [-0.4, -0.2) is 16.1 Å². The van der Waals surface area contributed by atoms with E-state index < -0.39 is 0 Å². The number of carbonyl (C=O) groups is 1. The first-order valence-corrected chi connectivity index (χ1v) is 8.99. The molecule has 136 valence electrons. The molecule has 0 aliphatic carbocycles. The standard InChI is InChI=1S/C17H17Cl2N5OS/c1-9(2)22-13(19)7-14(20)23-17-21-8-12(26-17)16(25)24-15-10(3)5-4-6-11(15)18/h4-8H,1,20H2,2-3H3,(H,21,23)(H,24,25)/b14-7+,22-13+. The number of halogens is 2. The molecule has 0 unspecified atom stereocenters. The van der Waals surface area contributed by atoms with Gasteiger partial charge in [0.05, 0.1) is 16.9 Å². The molecule has 6 nitrogen and oxygen atoms in total. The lowest BCUT2D eigenvalue weighted by Gasteiger charge is -2.08. The quantitative estimate of drug-likeness (QED) is 0.600. The minimum absolute atomic E-state index is 0.186. The van der Waals surface area contributed by atoms with Crippen LogP contribution in [0.4, 0.5) is 10.8 Å². The van der Waals surface area contributed by atoms with Gasteiger partial charge in [-0.2, -0.15) is 0 Å². The number of para-hydroxylation sites is 1. The molecule has 0 bridgehead atoms. The van der Waals surface area contributed by atoms with Crippen LogP contribution in [0, 0.1) is 6.92 Å². The van der Waals surface area contributed by atoms with Gasteiger partial charge in [-0.3, -0.25) is 4.79 Å². The van der Waals surface area contributed by atoms with Crippen molar-refractivity contribution in [2.75, 3.05) is 10.6 Å². The van der Waals surface area contributed by atoms with Gasteiger partial charge in [0, 0.05) is 11.8 Å². The van der Waals surface area contributed by atoms with Crippen molar-refractivity contribution in [1.82, 2.24) is 4.98 Å². The van der Waals surface area contributed by atoms with Gasteiger partial charge in [-0.15, -0.1) is 0 Å². The molecule has 2 rings (SSSR count). The fraction of sp³-hybridized carbons (Fsp3) is 0.118. The van der Waals surface area contributed by atoms with Crippen molar-refractivity contribution in [2.45, 2.75) is 13.8 Å². The van der Waals surface area contributed by atoms with Crippen LogP contribution in [-0.2, 0) is 0 Å². The molecule has 4 N–H and O–H groups in total. The highest BCUT2D eigenvalue weighted by Crippen LogP contribution is 2.27. The van der Waals surface area contributed by atoms with Crippen molar-refractivity contribution in [1.29, 1.82) is 0 Å². The first-order valence-electron chi connectivity index (χ1n) is 7.42. The van der Waals surface area contributed by atoms with Gasteiger partial charge in [0.25, 0.3) is 5.91 Å². The van der Waals surface area contributed by atoms with Crippen molar-refractivity contribution in [3.63, 3.8) is 0 Å². The summed E-state index contributed by atoms with van der Waals surface area (Å²) in [5.41, 5.74) is 7.83. The molecular formula is C17H17Cl2N5OS. The molecule has 26 heavy (non-hydrogen) atoms. The number of hydrogen-bond acceptors (Lipinski definition) is 6. The summed E-state index contributed by atoms with van der Waals surface area (Å²) in [4.78, 5) is 20.9. The van der Waals surface area contributed by atoms with Crippen LogP contribution in [0.15, 0.2) is 53.6 Å². The van der Waals surface area contributed by atoms with E-state index in [1.807, 2.05) is 19.1 Å². The van der Waals surface area contributed by atoms with Crippen LogP contribution >= 0.6 is 34.5 Å². The van der Waals surface area contributed by atoms with Crippen molar-refractivity contribution in [2.24, 2.45) is 10.7 Å². The number of rotatable bonds is 6.